The summed E-state index contributed by atoms with van der Waals surface area (Å²) in [6.07, 6.45) is 5.29. The standard InChI is InChI=1S/C14H20INO/c15-13-7-5-12(6-8-13)11-16(9-10-17)14-3-1-2-4-14/h5-8,14,17H,1-4,9-11H2. The first-order valence-corrected chi connectivity index (χ1v) is 7.47. The molecule has 0 radical (unpaired) electrons. The van der Waals surface area contributed by atoms with Gasteiger partial charge in [-0.3, -0.25) is 4.90 Å². The Labute approximate surface area is 117 Å². The lowest BCUT2D eigenvalue weighted by Crippen LogP contribution is -2.35. The molecule has 17 heavy (non-hydrogen) atoms. The lowest BCUT2D eigenvalue weighted by molar-refractivity contribution is 0.145. The van der Waals surface area contributed by atoms with E-state index in [1.165, 1.54) is 34.8 Å². The van der Waals surface area contributed by atoms with Gasteiger partial charge in [0.25, 0.3) is 0 Å². The van der Waals surface area contributed by atoms with Gasteiger partial charge in [-0.25, -0.2) is 0 Å². The van der Waals surface area contributed by atoms with Gasteiger partial charge in [0, 0.05) is 22.7 Å². The lowest BCUT2D eigenvalue weighted by Gasteiger charge is -2.28. The topological polar surface area (TPSA) is 23.5 Å². The van der Waals surface area contributed by atoms with Crippen molar-refractivity contribution in [1.29, 1.82) is 0 Å². The maximum absolute atomic E-state index is 9.18. The van der Waals surface area contributed by atoms with Crippen molar-refractivity contribution in [2.24, 2.45) is 0 Å². The molecule has 1 fully saturated rings. The fourth-order valence-electron chi connectivity index (χ4n) is 2.61. The van der Waals surface area contributed by atoms with E-state index in [9.17, 15) is 5.11 Å². The molecular weight excluding hydrogens is 325 g/mol. The van der Waals surface area contributed by atoms with Gasteiger partial charge in [-0.2, -0.15) is 0 Å². The Bertz CT molecular complexity index is 333. The number of benzene rings is 1. The predicted octanol–water partition coefficient (Wildman–Crippen LogP) is 3.03. The number of rotatable bonds is 5. The third kappa shape index (κ3) is 3.93. The monoisotopic (exact) mass is 345 g/mol. The van der Waals surface area contributed by atoms with Crippen molar-refractivity contribution in [3.8, 4) is 0 Å². The molecule has 94 valence electrons. The molecule has 1 N–H and O–H groups in total. The maximum atomic E-state index is 9.18. The summed E-state index contributed by atoms with van der Waals surface area (Å²) in [5.74, 6) is 0. The molecule has 0 spiro atoms. The molecule has 0 unspecified atom stereocenters. The van der Waals surface area contributed by atoms with Crippen molar-refractivity contribution in [3.05, 3.63) is 33.4 Å². The van der Waals surface area contributed by atoms with Crippen molar-refractivity contribution in [2.75, 3.05) is 13.2 Å². The summed E-state index contributed by atoms with van der Waals surface area (Å²) >= 11 is 2.33. The van der Waals surface area contributed by atoms with E-state index in [1.54, 1.807) is 0 Å². The molecule has 1 aliphatic carbocycles. The van der Waals surface area contributed by atoms with Crippen LogP contribution in [0.25, 0.3) is 0 Å². The molecule has 2 nitrogen and oxygen atoms in total. The minimum atomic E-state index is 0.265. The first-order chi connectivity index (χ1) is 8.29. The van der Waals surface area contributed by atoms with Crippen LogP contribution in [0.2, 0.25) is 0 Å². The third-order valence-electron chi connectivity index (χ3n) is 3.53. The van der Waals surface area contributed by atoms with Crippen LogP contribution in [-0.2, 0) is 6.54 Å². The van der Waals surface area contributed by atoms with Crippen LogP contribution in [0, 0.1) is 3.57 Å². The molecule has 0 amide bonds. The normalized spacial score (nSPS) is 16.9. The highest BCUT2D eigenvalue weighted by Crippen LogP contribution is 2.24. The number of aliphatic hydroxyl groups is 1. The molecule has 0 saturated heterocycles. The predicted molar refractivity (Wildman–Crippen MR) is 78.9 cm³/mol. The number of halogens is 1. The van der Waals surface area contributed by atoms with E-state index in [0.29, 0.717) is 6.04 Å². The summed E-state index contributed by atoms with van der Waals surface area (Å²) in [4.78, 5) is 2.44. The third-order valence-corrected chi connectivity index (χ3v) is 4.25. The zero-order valence-corrected chi connectivity index (χ0v) is 12.3. The van der Waals surface area contributed by atoms with E-state index >= 15 is 0 Å². The Morgan fingerprint density at radius 3 is 2.41 bits per heavy atom. The molecule has 3 heteroatoms. The molecule has 0 bridgehead atoms. The summed E-state index contributed by atoms with van der Waals surface area (Å²) < 4.78 is 1.28. The highest BCUT2D eigenvalue weighted by atomic mass is 127. The van der Waals surface area contributed by atoms with Crippen LogP contribution in [0.4, 0.5) is 0 Å². The molecule has 0 atom stereocenters. The molecular formula is C14H20INO. The van der Waals surface area contributed by atoms with Crippen molar-refractivity contribution in [1.82, 2.24) is 4.90 Å². The van der Waals surface area contributed by atoms with Crippen molar-refractivity contribution < 1.29 is 5.11 Å². The quantitative estimate of drug-likeness (QED) is 0.830. The summed E-state index contributed by atoms with van der Waals surface area (Å²) in [5, 5.41) is 9.18. The molecule has 1 aliphatic rings. The van der Waals surface area contributed by atoms with Crippen LogP contribution in [0.1, 0.15) is 31.2 Å². The van der Waals surface area contributed by atoms with Crippen LogP contribution >= 0.6 is 22.6 Å². The van der Waals surface area contributed by atoms with Gasteiger partial charge in [0.1, 0.15) is 0 Å². The number of hydrogen-bond acceptors (Lipinski definition) is 2. The van der Waals surface area contributed by atoms with Gasteiger partial charge in [0.15, 0.2) is 0 Å². The molecule has 0 aromatic heterocycles. The Kier molecular flexibility index (Phi) is 5.25. The van der Waals surface area contributed by atoms with Gasteiger partial charge in [0.05, 0.1) is 6.61 Å². The van der Waals surface area contributed by atoms with E-state index in [-0.39, 0.29) is 6.61 Å². The summed E-state index contributed by atoms with van der Waals surface area (Å²) in [6, 6.07) is 9.38. The van der Waals surface area contributed by atoms with Crippen LogP contribution in [0.5, 0.6) is 0 Å². The second kappa shape index (κ2) is 6.71. The highest BCUT2D eigenvalue weighted by molar-refractivity contribution is 14.1. The maximum Gasteiger partial charge on any atom is 0.0558 e. The van der Waals surface area contributed by atoms with Gasteiger partial charge in [-0.05, 0) is 53.1 Å². The highest BCUT2D eigenvalue weighted by Gasteiger charge is 2.21. The van der Waals surface area contributed by atoms with Crippen LogP contribution < -0.4 is 0 Å². The Morgan fingerprint density at radius 2 is 1.82 bits per heavy atom. The Hall–Kier alpha value is -0.130. The van der Waals surface area contributed by atoms with E-state index < -0.39 is 0 Å². The second-order valence-electron chi connectivity index (χ2n) is 4.76. The number of hydrogen-bond donors (Lipinski definition) is 1. The zero-order chi connectivity index (χ0) is 12.1. The average molecular weight is 345 g/mol. The molecule has 1 aromatic carbocycles. The fraction of sp³-hybridized carbons (Fsp3) is 0.571. The second-order valence-corrected chi connectivity index (χ2v) is 6.00. The van der Waals surface area contributed by atoms with E-state index in [0.717, 1.165) is 13.1 Å². The smallest absolute Gasteiger partial charge is 0.0558 e. The van der Waals surface area contributed by atoms with Gasteiger partial charge in [0.2, 0.25) is 0 Å². The van der Waals surface area contributed by atoms with Crippen LogP contribution in [0.15, 0.2) is 24.3 Å². The van der Waals surface area contributed by atoms with E-state index in [2.05, 4.69) is 51.8 Å². The van der Waals surface area contributed by atoms with Gasteiger partial charge in [-0.1, -0.05) is 25.0 Å². The Morgan fingerprint density at radius 1 is 1.18 bits per heavy atom. The minimum Gasteiger partial charge on any atom is -0.395 e. The summed E-state index contributed by atoms with van der Waals surface area (Å²) in [5.41, 5.74) is 1.35. The van der Waals surface area contributed by atoms with Gasteiger partial charge < -0.3 is 5.11 Å². The van der Waals surface area contributed by atoms with E-state index in [1.807, 2.05) is 0 Å². The van der Waals surface area contributed by atoms with Crippen LogP contribution in [0.3, 0.4) is 0 Å². The van der Waals surface area contributed by atoms with Gasteiger partial charge >= 0.3 is 0 Å². The fourth-order valence-corrected chi connectivity index (χ4v) is 2.97. The minimum absolute atomic E-state index is 0.265. The SMILES string of the molecule is OCCN(Cc1ccc(I)cc1)C1CCCC1. The molecule has 1 saturated carbocycles. The lowest BCUT2D eigenvalue weighted by atomic mass is 10.1. The zero-order valence-electron chi connectivity index (χ0n) is 10.1. The molecule has 2 rings (SSSR count). The number of aliphatic hydroxyl groups excluding tert-OH is 1. The van der Waals surface area contributed by atoms with Crippen molar-refractivity contribution >= 4 is 22.6 Å². The first-order valence-electron chi connectivity index (χ1n) is 6.39. The van der Waals surface area contributed by atoms with Crippen molar-refractivity contribution in [3.63, 3.8) is 0 Å². The molecule has 1 aromatic rings. The molecule has 0 heterocycles. The largest absolute Gasteiger partial charge is 0.395 e. The first kappa shape index (κ1) is 13.3. The van der Waals surface area contributed by atoms with E-state index in [4.69, 9.17) is 0 Å². The average Bonchev–Trinajstić information content (AvgIpc) is 2.85. The summed E-state index contributed by atoms with van der Waals surface area (Å²) in [6.45, 7) is 2.04. The van der Waals surface area contributed by atoms with Crippen molar-refractivity contribution in [2.45, 2.75) is 38.3 Å². The Balaban J connectivity index is 1.98. The van der Waals surface area contributed by atoms with Gasteiger partial charge in [-0.15, -0.1) is 0 Å². The molecule has 0 aliphatic heterocycles. The summed E-state index contributed by atoms with van der Waals surface area (Å²) in [7, 11) is 0. The van der Waals surface area contributed by atoms with Crippen LogP contribution in [-0.4, -0.2) is 29.2 Å². The number of nitrogens with zero attached hydrogens (tertiary/aromatic N) is 1.